The number of aromatic nitrogens is 2. The predicted molar refractivity (Wildman–Crippen MR) is 63.7 cm³/mol. The molecule has 0 radical (unpaired) electrons. The molecule has 2 atom stereocenters. The molecule has 1 aromatic heterocycles. The van der Waals surface area contributed by atoms with E-state index < -0.39 is 0 Å². The Morgan fingerprint density at radius 3 is 3.06 bits per heavy atom. The van der Waals surface area contributed by atoms with Crippen molar-refractivity contribution in [3.05, 3.63) is 17.5 Å². The molecule has 0 amide bonds. The molecule has 5 heteroatoms. The average Bonchev–Trinajstić information content (AvgIpc) is 2.29. The molecule has 0 aromatic carbocycles. The number of piperidine rings is 1. The normalized spacial score (nSPS) is 23.2. The van der Waals surface area contributed by atoms with E-state index in [1.54, 1.807) is 6.07 Å². The van der Waals surface area contributed by atoms with Crippen LogP contribution in [0, 0.1) is 5.92 Å². The molecule has 1 N–H and O–H groups in total. The zero-order chi connectivity index (χ0) is 11.5. The summed E-state index contributed by atoms with van der Waals surface area (Å²) in [5, 5.41) is 10.1. The number of halogens is 1. The van der Waals surface area contributed by atoms with Gasteiger partial charge in [0.1, 0.15) is 17.3 Å². The molecule has 2 rings (SSSR count). The minimum absolute atomic E-state index is 0.264. The Balaban J connectivity index is 2.09. The van der Waals surface area contributed by atoms with Gasteiger partial charge in [-0.1, -0.05) is 11.6 Å². The molecule has 88 valence electrons. The zero-order valence-electron chi connectivity index (χ0n) is 9.30. The van der Waals surface area contributed by atoms with Crippen molar-refractivity contribution in [2.24, 2.45) is 5.92 Å². The summed E-state index contributed by atoms with van der Waals surface area (Å²) in [6, 6.07) is 1.77. The minimum Gasteiger partial charge on any atom is -0.393 e. The first-order chi connectivity index (χ1) is 7.66. The second-order valence-corrected chi connectivity index (χ2v) is 4.68. The van der Waals surface area contributed by atoms with Gasteiger partial charge in [-0.3, -0.25) is 0 Å². The van der Waals surface area contributed by atoms with E-state index in [0.29, 0.717) is 11.1 Å². The highest BCUT2D eigenvalue weighted by Gasteiger charge is 2.24. The van der Waals surface area contributed by atoms with Crippen molar-refractivity contribution >= 4 is 17.4 Å². The second kappa shape index (κ2) is 4.97. The molecule has 0 saturated carbocycles. The van der Waals surface area contributed by atoms with Crippen LogP contribution in [0.25, 0.3) is 0 Å². The summed E-state index contributed by atoms with van der Waals surface area (Å²) >= 11 is 5.84. The Morgan fingerprint density at radius 1 is 1.56 bits per heavy atom. The zero-order valence-corrected chi connectivity index (χ0v) is 10.1. The molecule has 1 saturated heterocycles. The third-order valence-corrected chi connectivity index (χ3v) is 3.29. The number of nitrogens with zero attached hydrogens (tertiary/aromatic N) is 3. The summed E-state index contributed by atoms with van der Waals surface area (Å²) in [4.78, 5) is 10.2. The maximum atomic E-state index is 9.61. The lowest BCUT2D eigenvalue weighted by atomic mass is 9.93. The highest BCUT2D eigenvalue weighted by Crippen LogP contribution is 2.24. The van der Waals surface area contributed by atoms with Gasteiger partial charge < -0.3 is 10.0 Å². The fraction of sp³-hybridized carbons (Fsp3) is 0.636. The smallest absolute Gasteiger partial charge is 0.134 e. The van der Waals surface area contributed by atoms with Crippen LogP contribution in [-0.4, -0.2) is 34.3 Å². The molecule has 16 heavy (non-hydrogen) atoms. The third kappa shape index (κ3) is 2.62. The second-order valence-electron chi connectivity index (χ2n) is 4.29. The predicted octanol–water partition coefficient (Wildman–Crippen LogP) is 1.73. The van der Waals surface area contributed by atoms with Crippen molar-refractivity contribution in [2.75, 3.05) is 18.0 Å². The maximum absolute atomic E-state index is 9.61. The van der Waals surface area contributed by atoms with Crippen molar-refractivity contribution in [1.82, 2.24) is 9.97 Å². The number of aliphatic hydroxyl groups is 1. The van der Waals surface area contributed by atoms with Gasteiger partial charge in [0.25, 0.3) is 0 Å². The summed E-state index contributed by atoms with van der Waals surface area (Å²) in [6.07, 6.45) is 3.37. The van der Waals surface area contributed by atoms with Gasteiger partial charge in [-0.2, -0.15) is 0 Å². The van der Waals surface area contributed by atoms with E-state index in [4.69, 9.17) is 11.6 Å². The number of anilines is 1. The molecule has 1 aliphatic heterocycles. The topological polar surface area (TPSA) is 49.2 Å². The van der Waals surface area contributed by atoms with Crippen molar-refractivity contribution in [2.45, 2.75) is 25.9 Å². The Hall–Kier alpha value is -0.870. The Bertz CT molecular complexity index is 359. The molecule has 1 aliphatic rings. The maximum Gasteiger partial charge on any atom is 0.134 e. The third-order valence-electron chi connectivity index (χ3n) is 3.08. The van der Waals surface area contributed by atoms with Gasteiger partial charge in [0.2, 0.25) is 0 Å². The lowest BCUT2D eigenvalue weighted by molar-refractivity contribution is 0.115. The van der Waals surface area contributed by atoms with Gasteiger partial charge in [-0.05, 0) is 19.8 Å². The summed E-state index contributed by atoms with van der Waals surface area (Å²) < 4.78 is 0. The molecule has 0 unspecified atom stereocenters. The van der Waals surface area contributed by atoms with Crippen LogP contribution in [0.2, 0.25) is 5.15 Å². The van der Waals surface area contributed by atoms with Crippen LogP contribution >= 0.6 is 11.6 Å². The fourth-order valence-corrected chi connectivity index (χ4v) is 2.25. The number of rotatable bonds is 2. The number of hydrogen-bond donors (Lipinski definition) is 1. The number of aliphatic hydroxyl groups excluding tert-OH is 1. The fourth-order valence-electron chi connectivity index (χ4n) is 2.11. The van der Waals surface area contributed by atoms with Gasteiger partial charge in [0.05, 0.1) is 6.10 Å². The van der Waals surface area contributed by atoms with Crippen LogP contribution in [0.5, 0.6) is 0 Å². The summed E-state index contributed by atoms with van der Waals surface area (Å²) in [6.45, 7) is 3.66. The molecular formula is C11H16ClN3O. The summed E-state index contributed by atoms with van der Waals surface area (Å²) in [7, 11) is 0. The van der Waals surface area contributed by atoms with Gasteiger partial charge in [0, 0.05) is 25.1 Å². The quantitative estimate of drug-likeness (QED) is 0.802. The lowest BCUT2D eigenvalue weighted by Crippen LogP contribution is -2.39. The first kappa shape index (κ1) is 11.6. The van der Waals surface area contributed by atoms with Gasteiger partial charge >= 0.3 is 0 Å². The van der Waals surface area contributed by atoms with Gasteiger partial charge in [-0.15, -0.1) is 0 Å². The van der Waals surface area contributed by atoms with E-state index in [2.05, 4.69) is 14.9 Å². The van der Waals surface area contributed by atoms with Crippen LogP contribution in [-0.2, 0) is 0 Å². The van der Waals surface area contributed by atoms with Crippen LogP contribution in [0.3, 0.4) is 0 Å². The molecule has 0 spiro atoms. The standard InChI is InChI=1S/C11H16ClN3O/c1-8(16)9-3-2-4-15(6-9)11-5-10(12)13-7-14-11/h5,7-9,16H,2-4,6H2,1H3/t8-,9+/m0/s1. The largest absolute Gasteiger partial charge is 0.393 e. The molecule has 0 aliphatic carbocycles. The van der Waals surface area contributed by atoms with E-state index in [9.17, 15) is 5.11 Å². The molecule has 1 fully saturated rings. The average molecular weight is 242 g/mol. The van der Waals surface area contributed by atoms with Gasteiger partial charge in [-0.25, -0.2) is 9.97 Å². The van der Waals surface area contributed by atoms with E-state index in [1.807, 2.05) is 6.92 Å². The van der Waals surface area contributed by atoms with Crippen molar-refractivity contribution in [3.8, 4) is 0 Å². The molecule has 4 nitrogen and oxygen atoms in total. The Labute approximate surface area is 100 Å². The Morgan fingerprint density at radius 2 is 2.38 bits per heavy atom. The molecule has 0 bridgehead atoms. The van der Waals surface area contributed by atoms with Crippen LogP contribution in [0.4, 0.5) is 5.82 Å². The minimum atomic E-state index is -0.264. The van der Waals surface area contributed by atoms with E-state index in [-0.39, 0.29) is 6.10 Å². The lowest BCUT2D eigenvalue weighted by Gasteiger charge is -2.34. The molecule has 2 heterocycles. The highest BCUT2D eigenvalue weighted by molar-refractivity contribution is 6.29. The van der Waals surface area contributed by atoms with E-state index >= 15 is 0 Å². The Kier molecular flexibility index (Phi) is 3.61. The molecule has 1 aromatic rings. The van der Waals surface area contributed by atoms with Gasteiger partial charge in [0.15, 0.2) is 0 Å². The van der Waals surface area contributed by atoms with Crippen molar-refractivity contribution in [1.29, 1.82) is 0 Å². The summed E-state index contributed by atoms with van der Waals surface area (Å²) in [5.74, 6) is 1.17. The van der Waals surface area contributed by atoms with E-state index in [0.717, 1.165) is 31.7 Å². The first-order valence-corrected chi connectivity index (χ1v) is 5.95. The summed E-state index contributed by atoms with van der Waals surface area (Å²) in [5.41, 5.74) is 0. The van der Waals surface area contributed by atoms with Crippen LogP contribution < -0.4 is 4.90 Å². The van der Waals surface area contributed by atoms with Crippen molar-refractivity contribution < 1.29 is 5.11 Å². The molecular weight excluding hydrogens is 226 g/mol. The SMILES string of the molecule is C[C@H](O)[C@@H]1CCCN(c2cc(Cl)ncn2)C1. The highest BCUT2D eigenvalue weighted by atomic mass is 35.5. The first-order valence-electron chi connectivity index (χ1n) is 5.57. The van der Waals surface area contributed by atoms with E-state index in [1.165, 1.54) is 6.33 Å². The van der Waals surface area contributed by atoms with Crippen molar-refractivity contribution in [3.63, 3.8) is 0 Å². The monoisotopic (exact) mass is 241 g/mol. The van der Waals surface area contributed by atoms with Crippen LogP contribution in [0.1, 0.15) is 19.8 Å². The number of hydrogen-bond acceptors (Lipinski definition) is 4. The van der Waals surface area contributed by atoms with Crippen LogP contribution in [0.15, 0.2) is 12.4 Å².